The molecule has 2 N–H and O–H groups in total. The maximum atomic E-state index is 12.6. The molecule has 1 heterocycles. The highest BCUT2D eigenvalue weighted by atomic mass is 16.9. The molecule has 10 heteroatoms. The lowest BCUT2D eigenvalue weighted by atomic mass is 10.1. The molecule has 0 aromatic heterocycles. The van der Waals surface area contributed by atoms with Crippen molar-refractivity contribution in [3.05, 3.63) is 39.4 Å². The first-order valence-corrected chi connectivity index (χ1v) is 8.92. The second kappa shape index (κ2) is 8.98. The number of hydrogen-bond acceptors (Lipinski definition) is 8. The molecule has 10 nitrogen and oxygen atoms in total. The van der Waals surface area contributed by atoms with Gasteiger partial charge in [0.05, 0.1) is 17.7 Å². The van der Waals surface area contributed by atoms with Gasteiger partial charge in [0.1, 0.15) is 18.5 Å². The molecule has 0 saturated heterocycles. The third-order valence-electron chi connectivity index (χ3n) is 3.98. The Hall–Kier alpha value is -2.72. The molecule has 0 bridgehead atoms. The number of nitrogens with zero attached hydrogens (tertiary/aromatic N) is 2. The molecule has 2 rings (SSSR count). The van der Waals surface area contributed by atoms with Crippen LogP contribution < -0.4 is 10.1 Å². The second-order valence-electron chi connectivity index (χ2n) is 7.45. The van der Waals surface area contributed by atoms with Crippen molar-refractivity contribution < 1.29 is 29.4 Å². The molecule has 0 spiro atoms. The molecule has 0 saturated carbocycles. The molecule has 1 aliphatic heterocycles. The van der Waals surface area contributed by atoms with E-state index >= 15 is 0 Å². The smallest absolute Gasteiger partial charge is 0.294 e. The first kappa shape index (κ1) is 21.6. The van der Waals surface area contributed by atoms with Gasteiger partial charge in [0, 0.05) is 18.6 Å². The third-order valence-corrected chi connectivity index (χ3v) is 3.98. The molecule has 0 radical (unpaired) electrons. The summed E-state index contributed by atoms with van der Waals surface area (Å²) in [7, 11) is 0. The standard InChI is InChI=1S/C18H25N3O7/c1-18(2,3)19-10-12(22)11-27-14-7-4-6-13-15(14)17(24)20(16(13)23)8-5-9-28-21(25)26/h4,6-7,12,19,22H,5,8-11H2,1-3H3. The van der Waals surface area contributed by atoms with E-state index in [0.29, 0.717) is 6.54 Å². The van der Waals surface area contributed by atoms with E-state index in [2.05, 4.69) is 10.2 Å². The summed E-state index contributed by atoms with van der Waals surface area (Å²) in [5.41, 5.74) is 0.190. The number of benzene rings is 1. The lowest BCUT2D eigenvalue weighted by molar-refractivity contribution is -0.757. The van der Waals surface area contributed by atoms with Crippen molar-refractivity contribution in [1.82, 2.24) is 10.2 Å². The average molecular weight is 395 g/mol. The SMILES string of the molecule is CC(C)(C)NCC(O)COc1cccc2c1C(=O)N(CCCO[N+](=O)[O-])C2=O. The number of carbonyl (C=O) groups excluding carboxylic acids is 2. The fourth-order valence-corrected chi connectivity index (χ4v) is 2.66. The van der Waals surface area contributed by atoms with Crippen LogP contribution in [0.15, 0.2) is 18.2 Å². The number of hydrogen-bond donors (Lipinski definition) is 2. The number of aliphatic hydroxyl groups excluding tert-OH is 1. The number of imide groups is 1. The number of fused-ring (bicyclic) bond motifs is 1. The van der Waals surface area contributed by atoms with E-state index in [1.165, 1.54) is 6.07 Å². The van der Waals surface area contributed by atoms with Gasteiger partial charge in [-0.05, 0) is 39.3 Å². The lowest BCUT2D eigenvalue weighted by Crippen LogP contribution is -2.42. The molecule has 1 unspecified atom stereocenters. The van der Waals surface area contributed by atoms with E-state index in [0.717, 1.165) is 4.90 Å². The minimum absolute atomic E-state index is 0.00223. The first-order valence-electron chi connectivity index (χ1n) is 8.92. The van der Waals surface area contributed by atoms with E-state index in [9.17, 15) is 24.8 Å². The van der Waals surface area contributed by atoms with Crippen molar-refractivity contribution in [1.29, 1.82) is 0 Å². The molecule has 0 fully saturated rings. The van der Waals surface area contributed by atoms with Crippen molar-refractivity contribution in [2.24, 2.45) is 0 Å². The molecule has 1 atom stereocenters. The lowest BCUT2D eigenvalue weighted by Gasteiger charge is -2.23. The summed E-state index contributed by atoms with van der Waals surface area (Å²) >= 11 is 0. The zero-order valence-electron chi connectivity index (χ0n) is 16.1. The largest absolute Gasteiger partial charge is 0.490 e. The zero-order chi connectivity index (χ0) is 20.9. The van der Waals surface area contributed by atoms with Crippen molar-refractivity contribution in [3.63, 3.8) is 0 Å². The fraction of sp³-hybridized carbons (Fsp3) is 0.556. The average Bonchev–Trinajstić information content (AvgIpc) is 2.86. The third kappa shape index (κ3) is 5.64. The van der Waals surface area contributed by atoms with Crippen molar-refractivity contribution >= 4 is 11.8 Å². The second-order valence-corrected chi connectivity index (χ2v) is 7.45. The van der Waals surface area contributed by atoms with Crippen LogP contribution in [0, 0.1) is 10.1 Å². The van der Waals surface area contributed by atoms with Gasteiger partial charge in [-0.3, -0.25) is 14.5 Å². The first-order chi connectivity index (χ1) is 13.1. The van der Waals surface area contributed by atoms with Gasteiger partial charge >= 0.3 is 0 Å². The van der Waals surface area contributed by atoms with Crippen LogP contribution in [0.25, 0.3) is 0 Å². The van der Waals surface area contributed by atoms with Gasteiger partial charge < -0.3 is 20.0 Å². The highest BCUT2D eigenvalue weighted by Gasteiger charge is 2.37. The highest BCUT2D eigenvalue weighted by molar-refractivity contribution is 6.22. The summed E-state index contributed by atoms with van der Waals surface area (Å²) in [5.74, 6) is -0.796. The van der Waals surface area contributed by atoms with Gasteiger partial charge in [-0.15, -0.1) is 10.1 Å². The number of carbonyl (C=O) groups is 2. The minimum atomic E-state index is -0.922. The normalized spacial score (nSPS) is 14.8. The summed E-state index contributed by atoms with van der Waals surface area (Å²) in [6, 6.07) is 4.68. The van der Waals surface area contributed by atoms with E-state index in [4.69, 9.17) is 4.74 Å². The van der Waals surface area contributed by atoms with Gasteiger partial charge in [-0.1, -0.05) is 6.07 Å². The Morgan fingerprint density at radius 1 is 1.29 bits per heavy atom. The Morgan fingerprint density at radius 3 is 2.64 bits per heavy atom. The van der Waals surface area contributed by atoms with E-state index in [1.54, 1.807) is 12.1 Å². The monoisotopic (exact) mass is 395 g/mol. The summed E-state index contributed by atoms with van der Waals surface area (Å²) in [6.45, 7) is 5.97. The molecule has 2 amide bonds. The van der Waals surface area contributed by atoms with Crippen molar-refractivity contribution in [2.45, 2.75) is 38.8 Å². The molecule has 0 aliphatic carbocycles. The van der Waals surface area contributed by atoms with E-state index < -0.39 is 23.0 Å². The number of aliphatic hydroxyl groups is 1. The summed E-state index contributed by atoms with van der Waals surface area (Å²) in [6.07, 6.45) is -0.655. The van der Waals surface area contributed by atoms with Crippen LogP contribution in [0.4, 0.5) is 0 Å². The van der Waals surface area contributed by atoms with Gasteiger partial charge in [0.2, 0.25) is 0 Å². The summed E-state index contributed by atoms with van der Waals surface area (Å²) in [4.78, 5) is 40.5. The quantitative estimate of drug-likeness (QED) is 0.260. The van der Waals surface area contributed by atoms with Crippen LogP contribution in [0.5, 0.6) is 5.75 Å². The molecule has 1 aromatic rings. The molecular formula is C18H25N3O7. The van der Waals surface area contributed by atoms with Crippen molar-refractivity contribution in [3.8, 4) is 5.75 Å². The number of nitrogens with one attached hydrogen (secondary N) is 1. The van der Waals surface area contributed by atoms with Crippen LogP contribution in [0.2, 0.25) is 0 Å². The Balaban J connectivity index is 2.00. The van der Waals surface area contributed by atoms with Gasteiger partial charge in [0.25, 0.3) is 16.9 Å². The van der Waals surface area contributed by atoms with Gasteiger partial charge in [-0.25, -0.2) is 0 Å². The number of β-amino-alcohol motifs (C(OH)–C–C–N with tert-alkyl or cyclic N) is 1. The maximum Gasteiger partial charge on any atom is 0.294 e. The minimum Gasteiger partial charge on any atom is -0.490 e. The number of amides is 2. The molecule has 154 valence electrons. The topological polar surface area (TPSA) is 131 Å². The molecular weight excluding hydrogens is 370 g/mol. The highest BCUT2D eigenvalue weighted by Crippen LogP contribution is 2.31. The number of ether oxygens (including phenoxy) is 1. The molecule has 1 aromatic carbocycles. The molecule has 1 aliphatic rings. The molecule has 28 heavy (non-hydrogen) atoms. The van der Waals surface area contributed by atoms with Gasteiger partial charge in [-0.2, -0.15) is 0 Å². The fourth-order valence-electron chi connectivity index (χ4n) is 2.66. The van der Waals surface area contributed by atoms with E-state index in [1.807, 2.05) is 20.8 Å². The van der Waals surface area contributed by atoms with Crippen LogP contribution in [-0.2, 0) is 4.84 Å². The Morgan fingerprint density at radius 2 is 2.00 bits per heavy atom. The Labute approximate surface area is 162 Å². The van der Waals surface area contributed by atoms with Crippen LogP contribution >= 0.6 is 0 Å². The summed E-state index contributed by atoms with van der Waals surface area (Å²) < 4.78 is 5.60. The van der Waals surface area contributed by atoms with E-state index in [-0.39, 0.29) is 48.6 Å². The van der Waals surface area contributed by atoms with Gasteiger partial charge in [0.15, 0.2) is 0 Å². The van der Waals surface area contributed by atoms with Crippen LogP contribution in [0.3, 0.4) is 0 Å². The van der Waals surface area contributed by atoms with Crippen molar-refractivity contribution in [2.75, 3.05) is 26.3 Å². The van der Waals surface area contributed by atoms with Crippen LogP contribution in [0.1, 0.15) is 47.9 Å². The number of rotatable bonds is 10. The summed E-state index contributed by atoms with van der Waals surface area (Å²) in [5, 5.41) is 22.5. The Bertz CT molecular complexity index is 745. The predicted molar refractivity (Wildman–Crippen MR) is 98.6 cm³/mol. The van der Waals surface area contributed by atoms with Crippen LogP contribution in [-0.4, -0.2) is 64.9 Å². The Kier molecular flexibility index (Phi) is 6.92. The maximum absolute atomic E-state index is 12.6. The predicted octanol–water partition coefficient (Wildman–Crippen LogP) is 1.01. The zero-order valence-corrected chi connectivity index (χ0v) is 16.1.